The van der Waals surface area contributed by atoms with Crippen molar-refractivity contribution in [2.24, 2.45) is 0 Å². The molecule has 1 atom stereocenters. The fourth-order valence-electron chi connectivity index (χ4n) is 3.75. The minimum atomic E-state index is -2.64. The number of H-pyrrole nitrogens is 1. The van der Waals surface area contributed by atoms with Gasteiger partial charge in [-0.05, 0) is 42.3 Å². The molecule has 1 unspecified atom stereocenters. The Morgan fingerprint density at radius 2 is 2.09 bits per heavy atom. The lowest BCUT2D eigenvalue weighted by atomic mass is 10.0. The van der Waals surface area contributed by atoms with E-state index in [1.807, 2.05) is 23.8 Å². The molecule has 0 aliphatic carbocycles. The molecule has 0 radical (unpaired) electrons. The van der Waals surface area contributed by atoms with Gasteiger partial charge >= 0.3 is 0 Å². The second kappa shape index (κ2) is 8.85. The zero-order valence-corrected chi connectivity index (χ0v) is 17.8. The molecule has 3 aromatic heterocycles. The monoisotopic (exact) mass is 454 g/mol. The summed E-state index contributed by atoms with van der Waals surface area (Å²) in [6, 6.07) is 11.8. The Labute approximate surface area is 184 Å². The third-order valence-corrected chi connectivity index (χ3v) is 5.54. The van der Waals surface area contributed by atoms with E-state index in [1.54, 1.807) is 24.3 Å². The minimum absolute atomic E-state index is 0.0318. The van der Waals surface area contributed by atoms with Crippen LogP contribution in [0.2, 0.25) is 0 Å². The number of carbonyl (C=O) groups is 1. The Morgan fingerprint density at radius 1 is 1.28 bits per heavy atom. The molecule has 0 spiro atoms. The van der Waals surface area contributed by atoms with Crippen LogP contribution in [0.15, 0.2) is 59.7 Å². The Balaban J connectivity index is 2.10. The number of aromatic nitrogens is 3. The Bertz CT molecular complexity index is 1410. The van der Waals surface area contributed by atoms with Crippen molar-refractivity contribution < 1.29 is 17.9 Å². The Morgan fingerprint density at radius 3 is 2.78 bits per heavy atom. The van der Waals surface area contributed by atoms with E-state index in [0.717, 1.165) is 5.56 Å². The van der Waals surface area contributed by atoms with Crippen molar-refractivity contribution in [3.05, 3.63) is 88.0 Å². The van der Waals surface area contributed by atoms with Gasteiger partial charge in [-0.1, -0.05) is 19.1 Å². The van der Waals surface area contributed by atoms with Crippen molar-refractivity contribution in [1.29, 1.82) is 0 Å². The molecule has 0 fully saturated rings. The number of fused-ring (bicyclic) bond motifs is 1. The molecule has 3 N–H and O–H groups in total. The molecule has 0 saturated carbocycles. The largest absolute Gasteiger partial charge is 0.331 e. The summed E-state index contributed by atoms with van der Waals surface area (Å²) in [5, 5.41) is 0.597. The summed E-state index contributed by atoms with van der Waals surface area (Å²) >= 11 is -2.64. The van der Waals surface area contributed by atoms with Crippen molar-refractivity contribution in [2.75, 3.05) is 0 Å². The Hall–Kier alpha value is -3.63. The van der Waals surface area contributed by atoms with Gasteiger partial charge in [-0.15, -0.1) is 0 Å². The first kappa shape index (κ1) is 21.6. The molecule has 0 aliphatic rings. The van der Waals surface area contributed by atoms with E-state index in [4.69, 9.17) is 0 Å². The van der Waals surface area contributed by atoms with Crippen LogP contribution in [0.5, 0.6) is 0 Å². The molecule has 0 saturated heterocycles. The van der Waals surface area contributed by atoms with Crippen molar-refractivity contribution in [3.63, 3.8) is 0 Å². The number of aromatic amines is 1. The predicted molar refractivity (Wildman–Crippen MR) is 119 cm³/mol. The molecule has 1 amide bonds. The van der Waals surface area contributed by atoms with Gasteiger partial charge in [0, 0.05) is 40.0 Å². The summed E-state index contributed by atoms with van der Waals surface area (Å²) in [7, 11) is 0. The van der Waals surface area contributed by atoms with Gasteiger partial charge in [-0.3, -0.25) is 14.1 Å². The summed E-state index contributed by atoms with van der Waals surface area (Å²) in [6.07, 6.45) is 3.50. The highest BCUT2D eigenvalue weighted by atomic mass is 32.2. The molecular weight excluding hydrogens is 435 g/mol. The predicted octanol–water partition coefficient (Wildman–Crippen LogP) is 3.01. The number of hydrogen-bond donors (Lipinski definition) is 3. The number of amides is 1. The van der Waals surface area contributed by atoms with Gasteiger partial charge in [-0.2, -0.15) is 4.39 Å². The van der Waals surface area contributed by atoms with Crippen LogP contribution in [0, 0.1) is 5.95 Å². The first-order chi connectivity index (χ1) is 15.4. The molecule has 4 rings (SSSR count). The molecular formula is C22H19FN4O4S. The number of carbonyl (C=O) groups excluding carboxylic acids is 1. The molecule has 3 heterocycles. The van der Waals surface area contributed by atoms with Crippen molar-refractivity contribution in [1.82, 2.24) is 19.3 Å². The lowest BCUT2D eigenvalue weighted by molar-refractivity contribution is 0.0973. The van der Waals surface area contributed by atoms with Crippen LogP contribution in [-0.2, 0) is 24.2 Å². The van der Waals surface area contributed by atoms with Crippen LogP contribution in [-0.4, -0.2) is 29.2 Å². The molecule has 32 heavy (non-hydrogen) atoms. The lowest BCUT2D eigenvalue weighted by Gasteiger charge is -2.12. The van der Waals surface area contributed by atoms with Gasteiger partial charge < -0.3 is 9.55 Å². The normalized spacial score (nSPS) is 12.1. The SMILES string of the molecule is CCc1ccc2c(c1)c(-c1ccc[nH]c1=O)c(C(=O)NS(=O)O)n2Cc1cccnc1F. The second-order valence-corrected chi connectivity index (χ2v) is 7.76. The quantitative estimate of drug-likeness (QED) is 0.306. The van der Waals surface area contributed by atoms with Gasteiger partial charge in [0.2, 0.25) is 5.95 Å². The average molecular weight is 454 g/mol. The maximum atomic E-state index is 14.4. The van der Waals surface area contributed by atoms with Crippen molar-refractivity contribution in [3.8, 4) is 11.1 Å². The topological polar surface area (TPSA) is 117 Å². The van der Waals surface area contributed by atoms with Gasteiger partial charge in [0.05, 0.1) is 6.54 Å². The van der Waals surface area contributed by atoms with Gasteiger partial charge in [0.15, 0.2) is 0 Å². The minimum Gasteiger partial charge on any atom is -0.331 e. The summed E-state index contributed by atoms with van der Waals surface area (Å²) in [5.41, 5.74) is 1.80. The maximum absolute atomic E-state index is 14.4. The van der Waals surface area contributed by atoms with E-state index >= 15 is 0 Å². The highest BCUT2D eigenvalue weighted by Crippen LogP contribution is 2.35. The summed E-state index contributed by atoms with van der Waals surface area (Å²) < 4.78 is 38.5. The van der Waals surface area contributed by atoms with Crippen molar-refractivity contribution in [2.45, 2.75) is 19.9 Å². The number of hydrogen-bond acceptors (Lipinski definition) is 4. The third-order valence-electron chi connectivity index (χ3n) is 5.18. The first-order valence-electron chi connectivity index (χ1n) is 9.75. The number of nitrogens with zero attached hydrogens (tertiary/aromatic N) is 2. The van der Waals surface area contributed by atoms with Gasteiger partial charge in [0.1, 0.15) is 5.69 Å². The fourth-order valence-corrected chi connectivity index (χ4v) is 4.00. The molecule has 0 bridgehead atoms. The number of pyridine rings is 2. The average Bonchev–Trinajstić information content (AvgIpc) is 3.08. The van der Waals surface area contributed by atoms with E-state index in [-0.39, 0.29) is 23.4 Å². The van der Waals surface area contributed by atoms with Crippen molar-refractivity contribution >= 4 is 28.1 Å². The zero-order chi connectivity index (χ0) is 22.8. The number of halogens is 1. The van der Waals surface area contributed by atoms with Gasteiger partial charge in [-0.25, -0.2) is 13.9 Å². The fraction of sp³-hybridized carbons (Fsp3) is 0.136. The van der Waals surface area contributed by atoms with E-state index in [1.165, 1.54) is 23.0 Å². The lowest BCUT2D eigenvalue weighted by Crippen LogP contribution is -2.28. The highest BCUT2D eigenvalue weighted by Gasteiger charge is 2.27. The molecule has 1 aromatic carbocycles. The number of rotatable bonds is 6. The molecule has 8 nitrogen and oxygen atoms in total. The van der Waals surface area contributed by atoms with Crippen LogP contribution in [0.1, 0.15) is 28.5 Å². The number of nitrogens with one attached hydrogen (secondary N) is 2. The smallest absolute Gasteiger partial charge is 0.281 e. The molecule has 164 valence electrons. The van der Waals surface area contributed by atoms with Crippen LogP contribution in [0.3, 0.4) is 0 Å². The van der Waals surface area contributed by atoms with E-state index in [2.05, 4.69) is 9.97 Å². The molecule has 4 aromatic rings. The highest BCUT2D eigenvalue weighted by molar-refractivity contribution is 7.77. The van der Waals surface area contributed by atoms with Crippen LogP contribution in [0.25, 0.3) is 22.0 Å². The second-order valence-electron chi connectivity index (χ2n) is 7.06. The third kappa shape index (κ3) is 3.97. The standard InChI is InChI=1S/C22H19FN4O4S/c1-2-13-7-8-17-16(11-13)18(15-6-4-10-25-21(15)28)19(22(29)26-32(30)31)27(17)12-14-5-3-9-24-20(14)23/h3-11H,2,12H2,1H3,(H,25,28)(H,26,29)(H,30,31). The van der Waals surface area contributed by atoms with Gasteiger partial charge in [0.25, 0.3) is 22.7 Å². The van der Waals surface area contributed by atoms with Crippen LogP contribution in [0.4, 0.5) is 4.39 Å². The summed E-state index contributed by atoms with van der Waals surface area (Å²) in [4.78, 5) is 32.0. The number of benzene rings is 1. The van der Waals surface area contributed by atoms with E-state index in [9.17, 15) is 22.7 Å². The first-order valence-corrected chi connectivity index (χ1v) is 10.9. The maximum Gasteiger partial charge on any atom is 0.281 e. The molecule has 10 heteroatoms. The zero-order valence-electron chi connectivity index (χ0n) is 17.0. The number of aryl methyl sites for hydroxylation is 1. The Kier molecular flexibility index (Phi) is 5.97. The van der Waals surface area contributed by atoms with Crippen LogP contribution >= 0.6 is 0 Å². The van der Waals surface area contributed by atoms with E-state index < -0.39 is 28.7 Å². The van der Waals surface area contributed by atoms with E-state index in [0.29, 0.717) is 22.9 Å². The summed E-state index contributed by atoms with van der Waals surface area (Å²) in [6.45, 7) is 1.90. The van der Waals surface area contributed by atoms with Crippen LogP contribution < -0.4 is 10.3 Å². The summed E-state index contributed by atoms with van der Waals surface area (Å²) in [5.74, 6) is -1.57. The molecule has 0 aliphatic heterocycles.